The van der Waals surface area contributed by atoms with E-state index < -0.39 is 0 Å². The first kappa shape index (κ1) is 28.2. The highest BCUT2D eigenvalue weighted by atomic mass is 16.3. The third kappa shape index (κ3) is 4.60. The molecule has 0 amide bonds. The molecule has 0 N–H and O–H groups in total. The molecule has 5 heteroatoms. The summed E-state index contributed by atoms with van der Waals surface area (Å²) in [6.07, 6.45) is 0. The first-order chi connectivity index (χ1) is 24.8. The SMILES string of the molecule is c1ccc(-c2nc(-c3ccccc3)nc(-c3ccc(-n4c5ccccc5c5cc(-c6cccc7oc8ccccc8c67)ccc54)cc3)n2)cc1. The van der Waals surface area contributed by atoms with Gasteiger partial charge in [-0.25, -0.2) is 15.0 Å². The first-order valence-electron chi connectivity index (χ1n) is 16.7. The predicted octanol–water partition coefficient (Wildman–Crippen LogP) is 11.5. The lowest BCUT2D eigenvalue weighted by atomic mass is 9.98. The number of rotatable bonds is 5. The Hall–Kier alpha value is -6.85. The van der Waals surface area contributed by atoms with Crippen LogP contribution in [0.1, 0.15) is 0 Å². The molecule has 234 valence electrons. The van der Waals surface area contributed by atoms with E-state index in [2.05, 4.69) is 102 Å². The fraction of sp³-hybridized carbons (Fsp3) is 0. The summed E-state index contributed by atoms with van der Waals surface area (Å²) in [7, 11) is 0. The standard InChI is InChI=1S/C45H28N4O/c1-3-12-29(13-4-1)43-46-44(30-14-5-2-6-15-30)48-45(47-43)31-22-25-33(26-23-31)49-38-19-9-7-16-35(38)37-28-32(24-27-39(37)49)34-18-11-21-41-42(34)36-17-8-10-20-40(36)50-41/h1-28H. The summed E-state index contributed by atoms with van der Waals surface area (Å²) in [5, 5.41) is 4.68. The second-order valence-corrected chi connectivity index (χ2v) is 12.4. The quantitative estimate of drug-likeness (QED) is 0.188. The van der Waals surface area contributed by atoms with Crippen molar-refractivity contribution in [1.82, 2.24) is 19.5 Å². The van der Waals surface area contributed by atoms with Gasteiger partial charge in [0.1, 0.15) is 11.2 Å². The second kappa shape index (κ2) is 11.4. The molecule has 3 aromatic heterocycles. The van der Waals surface area contributed by atoms with Crippen molar-refractivity contribution >= 4 is 43.7 Å². The molecule has 5 nitrogen and oxygen atoms in total. The highest BCUT2D eigenvalue weighted by Crippen LogP contribution is 2.40. The van der Waals surface area contributed by atoms with Gasteiger partial charge in [-0.1, -0.05) is 115 Å². The molecule has 0 aliphatic heterocycles. The Labute approximate surface area is 287 Å². The molecule has 7 aromatic carbocycles. The number of hydrogen-bond acceptors (Lipinski definition) is 4. The minimum absolute atomic E-state index is 0.636. The number of aromatic nitrogens is 4. The Bertz CT molecular complexity index is 2800. The summed E-state index contributed by atoms with van der Waals surface area (Å²) in [4.78, 5) is 14.7. The third-order valence-electron chi connectivity index (χ3n) is 9.47. The lowest BCUT2D eigenvalue weighted by molar-refractivity contribution is 0.669. The van der Waals surface area contributed by atoms with Gasteiger partial charge in [0, 0.05) is 43.9 Å². The number of hydrogen-bond donors (Lipinski definition) is 0. The Morgan fingerprint density at radius 2 is 0.920 bits per heavy atom. The van der Waals surface area contributed by atoms with E-state index >= 15 is 0 Å². The Morgan fingerprint density at radius 3 is 1.62 bits per heavy atom. The van der Waals surface area contributed by atoms with Crippen LogP contribution in [0.4, 0.5) is 0 Å². The molecule has 3 heterocycles. The molecule has 0 fully saturated rings. The maximum Gasteiger partial charge on any atom is 0.164 e. The van der Waals surface area contributed by atoms with Crippen molar-refractivity contribution in [3.05, 3.63) is 170 Å². The van der Waals surface area contributed by atoms with E-state index in [0.717, 1.165) is 66.5 Å². The highest BCUT2D eigenvalue weighted by molar-refractivity contribution is 6.15. The molecule has 0 saturated carbocycles. The highest BCUT2D eigenvalue weighted by Gasteiger charge is 2.17. The number of fused-ring (bicyclic) bond motifs is 6. The summed E-state index contributed by atoms with van der Waals surface area (Å²) in [5.41, 5.74) is 10.3. The number of nitrogens with zero attached hydrogens (tertiary/aromatic N) is 4. The van der Waals surface area contributed by atoms with E-state index in [0.29, 0.717) is 17.5 Å². The molecule has 0 radical (unpaired) electrons. The zero-order valence-electron chi connectivity index (χ0n) is 26.9. The average molecular weight is 641 g/mol. The smallest absolute Gasteiger partial charge is 0.164 e. The molecular weight excluding hydrogens is 613 g/mol. The van der Waals surface area contributed by atoms with E-state index in [-0.39, 0.29) is 0 Å². The van der Waals surface area contributed by atoms with Gasteiger partial charge < -0.3 is 8.98 Å². The van der Waals surface area contributed by atoms with Crippen LogP contribution in [0.15, 0.2) is 174 Å². The molecule has 10 aromatic rings. The van der Waals surface area contributed by atoms with Crippen LogP contribution < -0.4 is 0 Å². The van der Waals surface area contributed by atoms with Gasteiger partial charge >= 0.3 is 0 Å². The summed E-state index contributed by atoms with van der Waals surface area (Å²) in [5.74, 6) is 1.93. The van der Waals surface area contributed by atoms with Gasteiger partial charge in [-0.3, -0.25) is 0 Å². The summed E-state index contributed by atoms with van der Waals surface area (Å²) in [6.45, 7) is 0. The van der Waals surface area contributed by atoms with Gasteiger partial charge in [-0.05, 0) is 65.7 Å². The summed E-state index contributed by atoms with van der Waals surface area (Å²) < 4.78 is 8.55. The van der Waals surface area contributed by atoms with Crippen LogP contribution in [-0.4, -0.2) is 19.5 Å². The van der Waals surface area contributed by atoms with Crippen LogP contribution in [0.5, 0.6) is 0 Å². The van der Waals surface area contributed by atoms with Gasteiger partial charge in [0.05, 0.1) is 11.0 Å². The van der Waals surface area contributed by atoms with E-state index in [1.807, 2.05) is 72.8 Å². The maximum absolute atomic E-state index is 6.22. The Kier molecular flexibility index (Phi) is 6.42. The largest absolute Gasteiger partial charge is 0.456 e. The molecule has 10 rings (SSSR count). The van der Waals surface area contributed by atoms with Gasteiger partial charge in [0.2, 0.25) is 0 Å². The predicted molar refractivity (Wildman–Crippen MR) is 203 cm³/mol. The Morgan fingerprint density at radius 1 is 0.380 bits per heavy atom. The lowest BCUT2D eigenvalue weighted by Gasteiger charge is -2.11. The van der Waals surface area contributed by atoms with Crippen LogP contribution >= 0.6 is 0 Å². The molecule has 0 spiro atoms. The summed E-state index contributed by atoms with van der Waals surface area (Å²) >= 11 is 0. The van der Waals surface area contributed by atoms with E-state index in [1.54, 1.807) is 0 Å². The van der Waals surface area contributed by atoms with Crippen LogP contribution in [0.2, 0.25) is 0 Å². The minimum Gasteiger partial charge on any atom is -0.456 e. The molecule has 50 heavy (non-hydrogen) atoms. The summed E-state index contributed by atoms with van der Waals surface area (Å²) in [6, 6.07) is 58.6. The second-order valence-electron chi connectivity index (χ2n) is 12.4. The minimum atomic E-state index is 0.636. The van der Waals surface area contributed by atoms with Crippen LogP contribution in [0, 0.1) is 0 Å². The zero-order chi connectivity index (χ0) is 33.0. The number of benzene rings is 7. The molecule has 0 bridgehead atoms. The fourth-order valence-corrected chi connectivity index (χ4v) is 7.13. The van der Waals surface area contributed by atoms with Crippen molar-refractivity contribution in [3.63, 3.8) is 0 Å². The number of para-hydroxylation sites is 2. The van der Waals surface area contributed by atoms with Gasteiger partial charge in [0.15, 0.2) is 17.5 Å². The normalized spacial score (nSPS) is 11.6. The topological polar surface area (TPSA) is 56.7 Å². The van der Waals surface area contributed by atoms with Crippen LogP contribution in [0.3, 0.4) is 0 Å². The number of furan rings is 1. The molecule has 0 aliphatic carbocycles. The van der Waals surface area contributed by atoms with E-state index in [4.69, 9.17) is 19.4 Å². The van der Waals surface area contributed by atoms with Crippen molar-refractivity contribution in [2.75, 3.05) is 0 Å². The van der Waals surface area contributed by atoms with E-state index in [1.165, 1.54) is 10.8 Å². The Balaban J connectivity index is 1.10. The lowest BCUT2D eigenvalue weighted by Crippen LogP contribution is -2.00. The van der Waals surface area contributed by atoms with Crippen molar-refractivity contribution < 1.29 is 4.42 Å². The van der Waals surface area contributed by atoms with Crippen LogP contribution in [0.25, 0.3) is 94.7 Å². The van der Waals surface area contributed by atoms with E-state index in [9.17, 15) is 0 Å². The van der Waals surface area contributed by atoms with Gasteiger partial charge in [0.25, 0.3) is 0 Å². The molecule has 0 unspecified atom stereocenters. The molecule has 0 aliphatic rings. The van der Waals surface area contributed by atoms with Crippen molar-refractivity contribution in [2.24, 2.45) is 0 Å². The molecule has 0 atom stereocenters. The van der Waals surface area contributed by atoms with Crippen molar-refractivity contribution in [3.8, 4) is 51.0 Å². The van der Waals surface area contributed by atoms with Gasteiger partial charge in [-0.15, -0.1) is 0 Å². The monoisotopic (exact) mass is 640 g/mol. The maximum atomic E-state index is 6.22. The van der Waals surface area contributed by atoms with Crippen molar-refractivity contribution in [2.45, 2.75) is 0 Å². The van der Waals surface area contributed by atoms with Crippen LogP contribution in [-0.2, 0) is 0 Å². The molecule has 0 saturated heterocycles. The van der Waals surface area contributed by atoms with Crippen molar-refractivity contribution in [1.29, 1.82) is 0 Å². The van der Waals surface area contributed by atoms with Gasteiger partial charge in [-0.2, -0.15) is 0 Å². The third-order valence-corrected chi connectivity index (χ3v) is 9.47. The fourth-order valence-electron chi connectivity index (χ4n) is 7.13. The molecular formula is C45H28N4O. The first-order valence-corrected chi connectivity index (χ1v) is 16.7. The zero-order valence-corrected chi connectivity index (χ0v) is 26.9. The average Bonchev–Trinajstić information content (AvgIpc) is 3.74.